The van der Waals surface area contributed by atoms with Crippen molar-refractivity contribution in [2.75, 3.05) is 12.5 Å². The Kier molecular flexibility index (Phi) is 6.76. The summed E-state index contributed by atoms with van der Waals surface area (Å²) in [5.41, 5.74) is 1.50. The number of carbonyl (C=O) groups is 1. The molecule has 1 N–H and O–H groups in total. The normalized spacial score (nSPS) is 13.2. The number of hydrogen-bond donors (Lipinski definition) is 1. The highest BCUT2D eigenvalue weighted by Crippen LogP contribution is 2.35. The summed E-state index contributed by atoms with van der Waals surface area (Å²) in [5.74, 6) is 1.71. The third-order valence-electron chi connectivity index (χ3n) is 5.76. The van der Waals surface area contributed by atoms with Gasteiger partial charge in [-0.3, -0.25) is 14.2 Å². The summed E-state index contributed by atoms with van der Waals surface area (Å²) in [7, 11) is 0. The van der Waals surface area contributed by atoms with Gasteiger partial charge in [0.15, 0.2) is 16.7 Å². The number of furan rings is 1. The summed E-state index contributed by atoms with van der Waals surface area (Å²) in [6, 6.07) is 17.1. The largest absolute Gasteiger partial charge is 0.467 e. The molecule has 1 amide bonds. The molecule has 0 aliphatic carbocycles. The van der Waals surface area contributed by atoms with Crippen LogP contribution in [0.1, 0.15) is 24.7 Å². The molecule has 0 fully saturated rings. The Bertz CT molecular complexity index is 1390. The standard InChI is InChI=1S/C26H25N3O5S/c1-17(9-10-18-6-3-2-4-7-18)27-24(30)15-35-26-28-21-13-23-22(33-16-34-23)12-20(21)25(31)29(26)14-19-8-5-11-32-19/h2-8,11-13,17H,9-10,14-16H2,1H3,(H,27,30). The number of benzene rings is 2. The van der Waals surface area contributed by atoms with Gasteiger partial charge in [0.25, 0.3) is 5.56 Å². The Labute approximate surface area is 206 Å². The molecular formula is C26H25N3O5S. The maximum Gasteiger partial charge on any atom is 0.262 e. The molecule has 8 nitrogen and oxygen atoms in total. The molecular weight excluding hydrogens is 466 g/mol. The molecule has 180 valence electrons. The lowest BCUT2D eigenvalue weighted by molar-refractivity contribution is -0.119. The van der Waals surface area contributed by atoms with E-state index in [9.17, 15) is 9.59 Å². The van der Waals surface area contributed by atoms with Gasteiger partial charge in [0, 0.05) is 12.1 Å². The summed E-state index contributed by atoms with van der Waals surface area (Å²) in [6.45, 7) is 2.31. The van der Waals surface area contributed by atoms with Crippen molar-refractivity contribution in [1.29, 1.82) is 0 Å². The van der Waals surface area contributed by atoms with E-state index in [0.717, 1.165) is 12.8 Å². The number of carbonyl (C=O) groups excluding carboxylic acids is 1. The molecule has 0 bridgehead atoms. The Morgan fingerprint density at radius 2 is 1.94 bits per heavy atom. The van der Waals surface area contributed by atoms with Gasteiger partial charge in [-0.15, -0.1) is 0 Å². The second-order valence-corrected chi connectivity index (χ2v) is 9.31. The van der Waals surface area contributed by atoms with Gasteiger partial charge in [0.2, 0.25) is 12.7 Å². The topological polar surface area (TPSA) is 95.6 Å². The number of hydrogen-bond acceptors (Lipinski definition) is 7. The van der Waals surface area contributed by atoms with Crippen molar-refractivity contribution in [2.45, 2.75) is 37.5 Å². The quantitative estimate of drug-likeness (QED) is 0.279. The first-order valence-electron chi connectivity index (χ1n) is 11.4. The number of nitrogens with zero attached hydrogens (tertiary/aromatic N) is 2. The van der Waals surface area contributed by atoms with Crippen LogP contribution in [0.5, 0.6) is 11.5 Å². The van der Waals surface area contributed by atoms with Crippen LogP contribution < -0.4 is 20.3 Å². The smallest absolute Gasteiger partial charge is 0.262 e. The number of amides is 1. The second-order valence-electron chi connectivity index (χ2n) is 8.37. The molecule has 2 aromatic heterocycles. The fourth-order valence-electron chi connectivity index (χ4n) is 3.95. The van der Waals surface area contributed by atoms with Gasteiger partial charge in [-0.05, 0) is 43.5 Å². The summed E-state index contributed by atoms with van der Waals surface area (Å²) in [4.78, 5) is 30.7. The molecule has 0 saturated carbocycles. The Hall–Kier alpha value is -3.72. The lowest BCUT2D eigenvalue weighted by Crippen LogP contribution is -2.34. The molecule has 1 unspecified atom stereocenters. The molecule has 1 atom stereocenters. The van der Waals surface area contributed by atoms with Crippen molar-refractivity contribution < 1.29 is 18.7 Å². The van der Waals surface area contributed by atoms with E-state index in [1.165, 1.54) is 21.9 Å². The Morgan fingerprint density at radius 1 is 1.14 bits per heavy atom. The third kappa shape index (κ3) is 5.35. The molecule has 5 rings (SSSR count). The number of fused-ring (bicyclic) bond motifs is 2. The number of rotatable bonds is 9. The number of ether oxygens (including phenoxy) is 2. The predicted octanol–water partition coefficient (Wildman–Crippen LogP) is 4.00. The van der Waals surface area contributed by atoms with Crippen LogP contribution in [-0.4, -0.2) is 34.0 Å². The van der Waals surface area contributed by atoms with E-state index in [1.54, 1.807) is 30.5 Å². The number of thioether (sulfide) groups is 1. The number of aryl methyl sites for hydroxylation is 1. The first-order valence-corrected chi connectivity index (χ1v) is 12.4. The highest BCUT2D eigenvalue weighted by Gasteiger charge is 2.20. The van der Waals surface area contributed by atoms with E-state index in [1.807, 2.05) is 25.1 Å². The fraction of sp³-hybridized carbons (Fsp3) is 0.269. The number of aromatic nitrogens is 2. The van der Waals surface area contributed by atoms with Crippen LogP contribution in [0, 0.1) is 0 Å². The van der Waals surface area contributed by atoms with Crippen molar-refractivity contribution in [3.63, 3.8) is 0 Å². The van der Waals surface area contributed by atoms with Crippen molar-refractivity contribution in [1.82, 2.24) is 14.9 Å². The van der Waals surface area contributed by atoms with Crippen LogP contribution in [-0.2, 0) is 17.8 Å². The predicted molar refractivity (Wildman–Crippen MR) is 133 cm³/mol. The SMILES string of the molecule is CC(CCc1ccccc1)NC(=O)CSc1nc2cc3c(cc2c(=O)n1Cc1ccco1)OCO3. The third-order valence-corrected chi connectivity index (χ3v) is 6.73. The van der Waals surface area contributed by atoms with Gasteiger partial charge in [0.1, 0.15) is 5.76 Å². The minimum absolute atomic E-state index is 0.0258. The lowest BCUT2D eigenvalue weighted by Gasteiger charge is -2.15. The molecule has 0 saturated heterocycles. The molecule has 0 radical (unpaired) electrons. The van der Waals surface area contributed by atoms with Crippen LogP contribution in [0.2, 0.25) is 0 Å². The van der Waals surface area contributed by atoms with E-state index >= 15 is 0 Å². The Morgan fingerprint density at radius 3 is 2.71 bits per heavy atom. The van der Waals surface area contributed by atoms with Gasteiger partial charge < -0.3 is 19.2 Å². The van der Waals surface area contributed by atoms with Gasteiger partial charge in [-0.2, -0.15) is 0 Å². The van der Waals surface area contributed by atoms with Gasteiger partial charge in [-0.25, -0.2) is 4.98 Å². The van der Waals surface area contributed by atoms with Gasteiger partial charge in [-0.1, -0.05) is 42.1 Å². The first kappa shape index (κ1) is 23.0. The van der Waals surface area contributed by atoms with Crippen LogP contribution in [0.25, 0.3) is 10.9 Å². The van der Waals surface area contributed by atoms with Crippen LogP contribution in [0.15, 0.2) is 75.2 Å². The summed E-state index contributed by atoms with van der Waals surface area (Å²) < 4.78 is 17.9. The molecule has 2 aromatic carbocycles. The van der Waals surface area contributed by atoms with Gasteiger partial charge in [0.05, 0.1) is 29.5 Å². The zero-order valence-electron chi connectivity index (χ0n) is 19.2. The Balaban J connectivity index is 1.32. The molecule has 0 spiro atoms. The van der Waals surface area contributed by atoms with E-state index in [-0.39, 0.29) is 36.6 Å². The molecule has 35 heavy (non-hydrogen) atoms. The molecule has 9 heteroatoms. The van der Waals surface area contributed by atoms with Gasteiger partial charge >= 0.3 is 0 Å². The maximum absolute atomic E-state index is 13.4. The fourth-order valence-corrected chi connectivity index (χ4v) is 4.76. The van der Waals surface area contributed by atoms with Crippen molar-refractivity contribution in [2.24, 2.45) is 0 Å². The monoisotopic (exact) mass is 491 g/mol. The van der Waals surface area contributed by atoms with E-state index in [4.69, 9.17) is 13.9 Å². The van der Waals surface area contributed by atoms with E-state index in [2.05, 4.69) is 22.4 Å². The van der Waals surface area contributed by atoms with E-state index < -0.39 is 0 Å². The van der Waals surface area contributed by atoms with Crippen molar-refractivity contribution in [3.8, 4) is 11.5 Å². The second kappa shape index (κ2) is 10.3. The minimum atomic E-state index is -0.233. The summed E-state index contributed by atoms with van der Waals surface area (Å²) in [6.07, 6.45) is 3.29. The average Bonchev–Trinajstić information content (AvgIpc) is 3.55. The maximum atomic E-state index is 13.4. The highest BCUT2D eigenvalue weighted by molar-refractivity contribution is 7.99. The van der Waals surface area contributed by atoms with Crippen molar-refractivity contribution >= 4 is 28.6 Å². The number of nitrogens with one attached hydrogen (secondary N) is 1. The molecule has 3 heterocycles. The zero-order chi connectivity index (χ0) is 24.2. The summed E-state index contributed by atoms with van der Waals surface area (Å²) >= 11 is 1.22. The van der Waals surface area contributed by atoms with Crippen LogP contribution >= 0.6 is 11.8 Å². The zero-order valence-corrected chi connectivity index (χ0v) is 20.0. The van der Waals surface area contributed by atoms with Crippen molar-refractivity contribution in [3.05, 3.63) is 82.5 Å². The highest BCUT2D eigenvalue weighted by atomic mass is 32.2. The van der Waals surface area contributed by atoms with E-state index in [0.29, 0.717) is 33.3 Å². The van der Waals surface area contributed by atoms with Crippen LogP contribution in [0.4, 0.5) is 0 Å². The molecule has 1 aliphatic heterocycles. The molecule has 4 aromatic rings. The van der Waals surface area contributed by atoms with Crippen LogP contribution in [0.3, 0.4) is 0 Å². The summed E-state index contributed by atoms with van der Waals surface area (Å²) in [5, 5.41) is 3.90. The molecule has 1 aliphatic rings. The first-order chi connectivity index (χ1) is 17.1. The minimum Gasteiger partial charge on any atom is -0.467 e. The lowest BCUT2D eigenvalue weighted by atomic mass is 10.1. The average molecular weight is 492 g/mol.